The first-order valence-corrected chi connectivity index (χ1v) is 6.87. The second-order valence-electron chi connectivity index (χ2n) is 5.17. The van der Waals surface area contributed by atoms with Crippen molar-refractivity contribution < 1.29 is 14.9 Å². The van der Waals surface area contributed by atoms with Gasteiger partial charge in [-0.15, -0.1) is 0 Å². The minimum absolute atomic E-state index is 0.260. The first-order valence-electron chi connectivity index (χ1n) is 6.49. The molecule has 3 N–H and O–H groups in total. The molecule has 0 spiro atoms. The number of rotatable bonds is 4. The van der Waals surface area contributed by atoms with Gasteiger partial charge in [0.25, 0.3) is 0 Å². The molecular formula is C14H20ClNO3. The molecule has 1 aromatic carbocycles. The summed E-state index contributed by atoms with van der Waals surface area (Å²) in [5.74, 6) is 0.260. The molecule has 1 fully saturated rings. The normalized spacial score (nSPS) is 18.5. The van der Waals surface area contributed by atoms with E-state index >= 15 is 0 Å². The summed E-state index contributed by atoms with van der Waals surface area (Å²) in [5.41, 5.74) is 0.802. The molecule has 1 heterocycles. The van der Waals surface area contributed by atoms with E-state index in [0.29, 0.717) is 44.2 Å². The van der Waals surface area contributed by atoms with Crippen LogP contribution in [0.2, 0.25) is 5.02 Å². The van der Waals surface area contributed by atoms with Crippen molar-refractivity contribution in [1.29, 1.82) is 0 Å². The fourth-order valence-electron chi connectivity index (χ4n) is 2.30. The van der Waals surface area contributed by atoms with Crippen LogP contribution in [-0.4, -0.2) is 35.6 Å². The Hall–Kier alpha value is -0.810. The third-order valence-corrected chi connectivity index (χ3v) is 3.76. The zero-order valence-corrected chi connectivity index (χ0v) is 11.8. The van der Waals surface area contributed by atoms with Crippen LogP contribution in [0, 0.1) is 6.92 Å². The quantitative estimate of drug-likeness (QED) is 0.792. The van der Waals surface area contributed by atoms with E-state index in [0.717, 1.165) is 11.1 Å². The Labute approximate surface area is 118 Å². The average molecular weight is 286 g/mol. The van der Waals surface area contributed by atoms with Crippen LogP contribution in [-0.2, 0) is 11.3 Å². The van der Waals surface area contributed by atoms with Gasteiger partial charge >= 0.3 is 0 Å². The molecule has 4 nitrogen and oxygen atoms in total. The van der Waals surface area contributed by atoms with Crippen molar-refractivity contribution >= 4 is 11.6 Å². The van der Waals surface area contributed by atoms with Gasteiger partial charge in [0.05, 0.1) is 5.60 Å². The zero-order valence-electron chi connectivity index (χ0n) is 11.1. The Morgan fingerprint density at radius 1 is 1.37 bits per heavy atom. The van der Waals surface area contributed by atoms with Crippen LogP contribution in [0.3, 0.4) is 0 Å². The Morgan fingerprint density at radius 3 is 2.74 bits per heavy atom. The highest BCUT2D eigenvalue weighted by atomic mass is 35.5. The van der Waals surface area contributed by atoms with Crippen molar-refractivity contribution in [3.8, 4) is 5.75 Å². The van der Waals surface area contributed by atoms with E-state index < -0.39 is 5.60 Å². The highest BCUT2D eigenvalue weighted by Gasteiger charge is 2.29. The number of phenolic OH excluding ortho intramolecular Hbond substituents is 1. The molecule has 1 aliphatic rings. The molecule has 1 saturated heterocycles. The molecule has 0 aliphatic carbocycles. The van der Waals surface area contributed by atoms with Gasteiger partial charge in [0.15, 0.2) is 0 Å². The Morgan fingerprint density at radius 2 is 2.05 bits per heavy atom. The van der Waals surface area contributed by atoms with Gasteiger partial charge in [-0.1, -0.05) is 11.6 Å². The zero-order chi connectivity index (χ0) is 13.9. The molecule has 0 radical (unpaired) electrons. The fourth-order valence-corrected chi connectivity index (χ4v) is 2.59. The number of phenols is 1. The molecule has 2 rings (SSSR count). The van der Waals surface area contributed by atoms with Gasteiger partial charge in [-0.2, -0.15) is 0 Å². The predicted molar refractivity (Wildman–Crippen MR) is 74.6 cm³/mol. The summed E-state index contributed by atoms with van der Waals surface area (Å²) in [6, 6.07) is 3.47. The first kappa shape index (κ1) is 14.6. The molecule has 0 aromatic heterocycles. The minimum atomic E-state index is -0.707. The van der Waals surface area contributed by atoms with Crippen LogP contribution in [0.1, 0.15) is 24.0 Å². The molecule has 1 aromatic rings. The highest BCUT2D eigenvalue weighted by Crippen LogP contribution is 2.26. The van der Waals surface area contributed by atoms with E-state index in [2.05, 4.69) is 5.32 Å². The number of aromatic hydroxyl groups is 1. The van der Waals surface area contributed by atoms with E-state index in [1.165, 1.54) is 0 Å². The van der Waals surface area contributed by atoms with Gasteiger partial charge in [0.2, 0.25) is 0 Å². The maximum atomic E-state index is 10.3. The van der Waals surface area contributed by atoms with E-state index in [1.807, 2.05) is 6.92 Å². The largest absolute Gasteiger partial charge is 0.507 e. The van der Waals surface area contributed by atoms with Gasteiger partial charge < -0.3 is 20.3 Å². The lowest BCUT2D eigenvalue weighted by atomic mass is 9.94. The topological polar surface area (TPSA) is 61.7 Å². The van der Waals surface area contributed by atoms with Gasteiger partial charge in [0.1, 0.15) is 5.75 Å². The smallest absolute Gasteiger partial charge is 0.123 e. The summed E-state index contributed by atoms with van der Waals surface area (Å²) >= 11 is 5.97. The third kappa shape index (κ3) is 3.83. The van der Waals surface area contributed by atoms with Crippen molar-refractivity contribution in [2.75, 3.05) is 19.8 Å². The number of aliphatic hydroxyl groups is 1. The third-order valence-electron chi connectivity index (χ3n) is 3.54. The number of hydrogen-bond acceptors (Lipinski definition) is 4. The first-order chi connectivity index (χ1) is 9.00. The monoisotopic (exact) mass is 285 g/mol. The predicted octanol–water partition coefficient (Wildman–Crippen LogP) is 1.99. The van der Waals surface area contributed by atoms with E-state index in [4.69, 9.17) is 16.3 Å². The molecule has 0 amide bonds. The van der Waals surface area contributed by atoms with Crippen molar-refractivity contribution in [2.24, 2.45) is 0 Å². The summed E-state index contributed by atoms with van der Waals surface area (Å²) in [4.78, 5) is 0. The Kier molecular flexibility index (Phi) is 4.68. The van der Waals surface area contributed by atoms with Crippen LogP contribution in [0.25, 0.3) is 0 Å². The van der Waals surface area contributed by atoms with Crippen molar-refractivity contribution in [3.05, 3.63) is 28.3 Å². The molecule has 0 bridgehead atoms. The number of nitrogens with one attached hydrogen (secondary N) is 1. The molecule has 106 valence electrons. The van der Waals surface area contributed by atoms with Crippen LogP contribution < -0.4 is 5.32 Å². The molecule has 19 heavy (non-hydrogen) atoms. The average Bonchev–Trinajstić information content (AvgIpc) is 2.36. The molecular weight excluding hydrogens is 266 g/mol. The second kappa shape index (κ2) is 6.09. The molecule has 0 saturated carbocycles. The fraction of sp³-hybridized carbons (Fsp3) is 0.571. The van der Waals surface area contributed by atoms with E-state index in [-0.39, 0.29) is 5.75 Å². The van der Waals surface area contributed by atoms with Crippen molar-refractivity contribution in [1.82, 2.24) is 5.32 Å². The maximum Gasteiger partial charge on any atom is 0.123 e. The Bertz CT molecular complexity index is 445. The van der Waals surface area contributed by atoms with Crippen molar-refractivity contribution in [2.45, 2.75) is 31.9 Å². The highest BCUT2D eigenvalue weighted by molar-refractivity contribution is 6.30. The number of benzene rings is 1. The Balaban J connectivity index is 1.92. The molecule has 1 aliphatic heterocycles. The van der Waals surface area contributed by atoms with E-state index in [9.17, 15) is 10.2 Å². The lowest BCUT2D eigenvalue weighted by molar-refractivity contribution is -0.0617. The van der Waals surface area contributed by atoms with Crippen LogP contribution in [0.5, 0.6) is 5.75 Å². The molecule has 0 unspecified atom stereocenters. The summed E-state index contributed by atoms with van der Waals surface area (Å²) in [5, 5.41) is 24.0. The number of halogens is 1. The van der Waals surface area contributed by atoms with Gasteiger partial charge in [-0.25, -0.2) is 0 Å². The maximum absolute atomic E-state index is 10.3. The van der Waals surface area contributed by atoms with Crippen LogP contribution in [0.4, 0.5) is 0 Å². The summed E-state index contributed by atoms with van der Waals surface area (Å²) in [6.07, 6.45) is 1.28. The van der Waals surface area contributed by atoms with Crippen molar-refractivity contribution in [3.63, 3.8) is 0 Å². The number of ether oxygens (including phenoxy) is 1. The molecule has 0 atom stereocenters. The van der Waals surface area contributed by atoms with Crippen LogP contribution in [0.15, 0.2) is 12.1 Å². The number of aryl methyl sites for hydroxylation is 1. The lowest BCUT2D eigenvalue weighted by Gasteiger charge is -2.32. The summed E-state index contributed by atoms with van der Waals surface area (Å²) in [6.45, 7) is 3.98. The second-order valence-corrected chi connectivity index (χ2v) is 5.61. The van der Waals surface area contributed by atoms with Gasteiger partial charge in [-0.05, 0) is 24.6 Å². The van der Waals surface area contributed by atoms with Gasteiger partial charge in [-0.3, -0.25) is 0 Å². The SMILES string of the molecule is Cc1cc(Cl)cc(CNCC2(O)CCOCC2)c1O. The number of hydrogen-bond donors (Lipinski definition) is 3. The minimum Gasteiger partial charge on any atom is -0.507 e. The van der Waals surface area contributed by atoms with E-state index in [1.54, 1.807) is 12.1 Å². The summed E-state index contributed by atoms with van der Waals surface area (Å²) in [7, 11) is 0. The lowest BCUT2D eigenvalue weighted by Crippen LogP contribution is -2.44. The standard InChI is InChI=1S/C14H20ClNO3/c1-10-6-12(15)7-11(13(10)17)8-16-9-14(18)2-4-19-5-3-14/h6-7,16-18H,2-5,8-9H2,1H3. The van der Waals surface area contributed by atoms with Gasteiger partial charge in [0, 0.05) is 49.7 Å². The summed E-state index contributed by atoms with van der Waals surface area (Å²) < 4.78 is 5.23. The van der Waals surface area contributed by atoms with Crippen LogP contribution >= 0.6 is 11.6 Å². The molecule has 5 heteroatoms.